The summed E-state index contributed by atoms with van der Waals surface area (Å²) in [7, 11) is 0. The molecule has 1 aromatic heterocycles. The quantitative estimate of drug-likeness (QED) is 0.866. The van der Waals surface area contributed by atoms with E-state index in [2.05, 4.69) is 20.9 Å². The second-order valence-corrected chi connectivity index (χ2v) is 5.02. The van der Waals surface area contributed by atoms with Crippen molar-refractivity contribution in [2.75, 3.05) is 0 Å². The Bertz CT molecular complexity index is 640. The third kappa shape index (κ3) is 2.03. The van der Waals surface area contributed by atoms with Crippen molar-refractivity contribution in [3.8, 4) is 0 Å². The number of nitrogens with zero attached hydrogens (tertiary/aromatic N) is 1. The second-order valence-electron chi connectivity index (χ2n) is 3.82. The van der Waals surface area contributed by atoms with Gasteiger partial charge in [0.2, 0.25) is 0 Å². The average molecular weight is 315 g/mol. The Balaban J connectivity index is 2.91. The molecule has 3 nitrogen and oxygen atoms in total. The van der Waals surface area contributed by atoms with Crippen molar-refractivity contribution in [3.05, 3.63) is 38.4 Å². The van der Waals surface area contributed by atoms with Crippen LogP contribution in [0.3, 0.4) is 0 Å². The maximum Gasteiger partial charge on any atom is 0.354 e. The lowest BCUT2D eigenvalue weighted by atomic mass is 10.1. The zero-order valence-electron chi connectivity index (χ0n) is 9.21. The van der Waals surface area contributed by atoms with Crippen molar-refractivity contribution >= 4 is 44.4 Å². The van der Waals surface area contributed by atoms with Crippen LogP contribution in [-0.2, 0) is 0 Å². The summed E-state index contributed by atoms with van der Waals surface area (Å²) in [6, 6.07) is 3.20. The highest BCUT2D eigenvalue weighted by Gasteiger charge is 2.14. The molecule has 1 aromatic carbocycles. The number of rotatable bonds is 1. The van der Waals surface area contributed by atoms with Crippen LogP contribution in [0, 0.1) is 13.8 Å². The summed E-state index contributed by atoms with van der Waals surface area (Å²) >= 11 is 9.59. The van der Waals surface area contributed by atoms with Crippen LogP contribution in [0.25, 0.3) is 10.9 Å². The van der Waals surface area contributed by atoms with Gasteiger partial charge in [-0.15, -0.1) is 0 Å². The van der Waals surface area contributed by atoms with Crippen LogP contribution in [0.2, 0.25) is 5.02 Å². The summed E-state index contributed by atoms with van der Waals surface area (Å²) in [6.07, 6.45) is 0. The number of hydrogen-bond donors (Lipinski definition) is 1. The minimum Gasteiger partial charge on any atom is -0.477 e. The Morgan fingerprint density at radius 1 is 1.41 bits per heavy atom. The molecule has 0 bridgehead atoms. The number of halogens is 2. The van der Waals surface area contributed by atoms with Gasteiger partial charge in [0.05, 0.1) is 10.5 Å². The fraction of sp³-hybridized carbons (Fsp3) is 0.167. The number of carboxylic acids is 1. The van der Waals surface area contributed by atoms with Crippen molar-refractivity contribution in [2.45, 2.75) is 13.8 Å². The highest BCUT2D eigenvalue weighted by Crippen LogP contribution is 2.33. The molecule has 1 heterocycles. The smallest absolute Gasteiger partial charge is 0.354 e. The normalized spacial score (nSPS) is 10.8. The summed E-state index contributed by atoms with van der Waals surface area (Å²) in [4.78, 5) is 15.0. The van der Waals surface area contributed by atoms with Crippen LogP contribution >= 0.6 is 27.5 Å². The minimum absolute atomic E-state index is 0.0383. The molecule has 0 aliphatic rings. The summed E-state index contributed by atoms with van der Waals surface area (Å²) in [6.45, 7) is 3.85. The monoisotopic (exact) mass is 313 g/mol. The zero-order valence-corrected chi connectivity index (χ0v) is 11.6. The van der Waals surface area contributed by atoms with Crippen molar-refractivity contribution in [1.29, 1.82) is 0 Å². The predicted octanol–water partition coefficient (Wildman–Crippen LogP) is 3.97. The molecular formula is C12H9BrClNO2. The van der Waals surface area contributed by atoms with Crippen molar-refractivity contribution in [1.82, 2.24) is 4.98 Å². The maximum atomic E-state index is 10.9. The van der Waals surface area contributed by atoms with Gasteiger partial charge in [-0.2, -0.15) is 0 Å². The van der Waals surface area contributed by atoms with Crippen molar-refractivity contribution in [3.63, 3.8) is 0 Å². The van der Waals surface area contributed by atoms with E-state index in [4.69, 9.17) is 16.7 Å². The van der Waals surface area contributed by atoms with E-state index in [-0.39, 0.29) is 5.69 Å². The van der Waals surface area contributed by atoms with E-state index >= 15 is 0 Å². The van der Waals surface area contributed by atoms with Crippen LogP contribution in [0.15, 0.2) is 16.6 Å². The fourth-order valence-corrected chi connectivity index (χ4v) is 2.45. The largest absolute Gasteiger partial charge is 0.477 e. The Kier molecular flexibility index (Phi) is 3.10. The lowest BCUT2D eigenvalue weighted by Gasteiger charge is -2.09. The highest BCUT2D eigenvalue weighted by molar-refractivity contribution is 9.10. The van der Waals surface area contributed by atoms with E-state index in [1.807, 2.05) is 19.9 Å². The number of aromatic carboxylic acids is 1. The van der Waals surface area contributed by atoms with E-state index in [1.54, 1.807) is 0 Å². The first kappa shape index (κ1) is 12.3. The first-order valence-corrected chi connectivity index (χ1v) is 6.08. The summed E-state index contributed by atoms with van der Waals surface area (Å²) in [5.74, 6) is -1.08. The number of aromatic nitrogens is 1. The molecule has 0 spiro atoms. The molecule has 1 N–H and O–H groups in total. The van der Waals surface area contributed by atoms with Gasteiger partial charge < -0.3 is 5.11 Å². The van der Waals surface area contributed by atoms with Gasteiger partial charge in [0.25, 0.3) is 0 Å². The summed E-state index contributed by atoms with van der Waals surface area (Å²) in [5, 5.41) is 10.1. The maximum absolute atomic E-state index is 10.9. The summed E-state index contributed by atoms with van der Waals surface area (Å²) in [5.41, 5.74) is 2.53. The summed E-state index contributed by atoms with van der Waals surface area (Å²) < 4.78 is 0.969. The number of benzene rings is 1. The van der Waals surface area contributed by atoms with Crippen LogP contribution < -0.4 is 0 Å². The lowest BCUT2D eigenvalue weighted by molar-refractivity contribution is 0.0691. The van der Waals surface area contributed by atoms with Gasteiger partial charge >= 0.3 is 5.97 Å². The number of carboxylic acid groups (broad SMARTS) is 1. The molecule has 0 unspecified atom stereocenters. The molecule has 2 aromatic rings. The molecule has 0 radical (unpaired) electrons. The molecule has 0 fully saturated rings. The van der Waals surface area contributed by atoms with Crippen LogP contribution in [0.4, 0.5) is 0 Å². The van der Waals surface area contributed by atoms with Gasteiger partial charge in [-0.1, -0.05) is 27.5 Å². The Morgan fingerprint density at radius 2 is 2.06 bits per heavy atom. The minimum atomic E-state index is -1.08. The molecule has 0 saturated heterocycles. The zero-order chi connectivity index (χ0) is 12.7. The molecule has 0 amide bonds. The third-order valence-electron chi connectivity index (χ3n) is 2.62. The van der Waals surface area contributed by atoms with Gasteiger partial charge in [-0.3, -0.25) is 0 Å². The van der Waals surface area contributed by atoms with Gasteiger partial charge in [-0.05, 0) is 37.1 Å². The molecule has 0 atom stereocenters. The lowest BCUT2D eigenvalue weighted by Crippen LogP contribution is -2.01. The van der Waals surface area contributed by atoms with Gasteiger partial charge in [0.1, 0.15) is 5.69 Å². The average Bonchev–Trinajstić information content (AvgIpc) is 2.25. The Morgan fingerprint density at radius 3 is 2.65 bits per heavy atom. The fourth-order valence-electron chi connectivity index (χ4n) is 1.79. The molecule has 5 heteroatoms. The van der Waals surface area contributed by atoms with E-state index in [0.29, 0.717) is 10.5 Å². The van der Waals surface area contributed by atoms with Gasteiger partial charge in [-0.25, -0.2) is 9.78 Å². The van der Waals surface area contributed by atoms with Crippen LogP contribution in [-0.4, -0.2) is 16.1 Å². The number of aryl methyl sites for hydroxylation is 2. The standard InChI is InChI=1S/C12H9BrClNO2/c1-5-3-8-10(6(2)11(5)13)7(14)4-9(15-8)12(16)17/h3-4H,1-2H3,(H,16,17). The molecule has 88 valence electrons. The first-order chi connectivity index (χ1) is 7.91. The number of hydrogen-bond acceptors (Lipinski definition) is 2. The number of fused-ring (bicyclic) bond motifs is 1. The molecule has 0 saturated carbocycles. The Labute approximate surface area is 112 Å². The van der Waals surface area contributed by atoms with Crippen molar-refractivity contribution < 1.29 is 9.90 Å². The molecule has 0 aliphatic carbocycles. The van der Waals surface area contributed by atoms with Crippen LogP contribution in [0.1, 0.15) is 21.6 Å². The molecule has 2 rings (SSSR count). The number of carbonyl (C=O) groups is 1. The van der Waals surface area contributed by atoms with E-state index < -0.39 is 5.97 Å². The van der Waals surface area contributed by atoms with Gasteiger partial charge in [0, 0.05) is 9.86 Å². The van der Waals surface area contributed by atoms with E-state index in [1.165, 1.54) is 6.07 Å². The van der Waals surface area contributed by atoms with Crippen molar-refractivity contribution in [2.24, 2.45) is 0 Å². The predicted molar refractivity (Wildman–Crippen MR) is 70.9 cm³/mol. The second kappa shape index (κ2) is 4.27. The van der Waals surface area contributed by atoms with Gasteiger partial charge in [0.15, 0.2) is 0 Å². The Hall–Kier alpha value is -1.13. The first-order valence-electron chi connectivity index (χ1n) is 4.91. The molecule has 17 heavy (non-hydrogen) atoms. The van der Waals surface area contributed by atoms with E-state index in [9.17, 15) is 4.79 Å². The third-order valence-corrected chi connectivity index (χ3v) is 4.14. The van der Waals surface area contributed by atoms with E-state index in [0.717, 1.165) is 21.0 Å². The highest BCUT2D eigenvalue weighted by atomic mass is 79.9. The molecular weight excluding hydrogens is 305 g/mol. The number of pyridine rings is 1. The SMILES string of the molecule is Cc1cc2nc(C(=O)O)cc(Cl)c2c(C)c1Br. The molecule has 0 aliphatic heterocycles. The van der Waals surface area contributed by atoms with Crippen LogP contribution in [0.5, 0.6) is 0 Å². The topological polar surface area (TPSA) is 50.2 Å².